The van der Waals surface area contributed by atoms with Crippen molar-refractivity contribution in [3.8, 4) is 0 Å². The van der Waals surface area contributed by atoms with E-state index in [2.05, 4.69) is 38.1 Å². The van der Waals surface area contributed by atoms with E-state index in [-0.39, 0.29) is 0 Å². The van der Waals surface area contributed by atoms with Crippen molar-refractivity contribution >= 4 is 11.8 Å². The van der Waals surface area contributed by atoms with Crippen LogP contribution in [0.5, 0.6) is 0 Å². The van der Waals surface area contributed by atoms with Gasteiger partial charge in [-0.1, -0.05) is 38.5 Å². The predicted molar refractivity (Wildman–Crippen MR) is 63.8 cm³/mol. The molecule has 0 aromatic heterocycles. The van der Waals surface area contributed by atoms with E-state index in [4.69, 9.17) is 0 Å². The SMILES string of the molecule is CCC(C)C1CSc2ccccc2C1. The Morgan fingerprint density at radius 1 is 1.43 bits per heavy atom. The first-order valence-electron chi connectivity index (χ1n) is 5.52. The Kier molecular flexibility index (Phi) is 3.17. The zero-order chi connectivity index (χ0) is 9.97. The van der Waals surface area contributed by atoms with Crippen molar-refractivity contribution in [2.75, 3.05) is 5.75 Å². The highest BCUT2D eigenvalue weighted by atomic mass is 32.2. The zero-order valence-electron chi connectivity index (χ0n) is 8.99. The van der Waals surface area contributed by atoms with Crippen molar-refractivity contribution in [2.45, 2.75) is 31.6 Å². The summed E-state index contributed by atoms with van der Waals surface area (Å²) in [4.78, 5) is 1.51. The minimum absolute atomic E-state index is 0.871. The molecule has 0 saturated carbocycles. The fourth-order valence-corrected chi connectivity index (χ4v) is 3.40. The molecule has 76 valence electrons. The second-order valence-corrected chi connectivity index (χ2v) is 5.33. The fraction of sp³-hybridized carbons (Fsp3) is 0.538. The van der Waals surface area contributed by atoms with Crippen LogP contribution in [0.1, 0.15) is 25.8 Å². The molecular weight excluding hydrogens is 188 g/mol. The average molecular weight is 206 g/mol. The third-order valence-corrected chi connectivity index (χ3v) is 4.66. The molecule has 14 heavy (non-hydrogen) atoms. The molecule has 1 heterocycles. The zero-order valence-corrected chi connectivity index (χ0v) is 9.81. The Bertz CT molecular complexity index is 306. The summed E-state index contributed by atoms with van der Waals surface area (Å²) in [6, 6.07) is 8.86. The Hall–Kier alpha value is -0.430. The summed E-state index contributed by atoms with van der Waals surface area (Å²) < 4.78 is 0. The number of rotatable bonds is 2. The maximum absolute atomic E-state index is 2.39. The molecule has 0 fully saturated rings. The van der Waals surface area contributed by atoms with Crippen LogP contribution in [0.4, 0.5) is 0 Å². The van der Waals surface area contributed by atoms with E-state index >= 15 is 0 Å². The van der Waals surface area contributed by atoms with Crippen molar-refractivity contribution in [1.29, 1.82) is 0 Å². The molecule has 0 bridgehead atoms. The van der Waals surface area contributed by atoms with Gasteiger partial charge in [-0.05, 0) is 29.9 Å². The third kappa shape index (κ3) is 1.98. The summed E-state index contributed by atoms with van der Waals surface area (Å²) in [6.45, 7) is 4.69. The molecule has 1 aliphatic rings. The second kappa shape index (κ2) is 4.39. The Balaban J connectivity index is 2.13. The normalized spacial score (nSPS) is 22.9. The quantitative estimate of drug-likeness (QED) is 0.705. The van der Waals surface area contributed by atoms with Gasteiger partial charge in [0, 0.05) is 10.6 Å². The Morgan fingerprint density at radius 3 is 3.00 bits per heavy atom. The van der Waals surface area contributed by atoms with Gasteiger partial charge in [-0.3, -0.25) is 0 Å². The molecule has 2 unspecified atom stereocenters. The Morgan fingerprint density at radius 2 is 2.21 bits per heavy atom. The van der Waals surface area contributed by atoms with Crippen molar-refractivity contribution in [3.63, 3.8) is 0 Å². The first-order chi connectivity index (χ1) is 6.81. The van der Waals surface area contributed by atoms with E-state index in [0.29, 0.717) is 0 Å². The molecule has 1 aliphatic heterocycles. The minimum Gasteiger partial charge on any atom is -0.126 e. The molecule has 0 saturated heterocycles. The molecule has 1 heteroatoms. The molecule has 2 atom stereocenters. The first-order valence-corrected chi connectivity index (χ1v) is 6.50. The van der Waals surface area contributed by atoms with Crippen LogP contribution < -0.4 is 0 Å². The van der Waals surface area contributed by atoms with Gasteiger partial charge in [-0.2, -0.15) is 0 Å². The molecule has 0 nitrogen and oxygen atoms in total. The summed E-state index contributed by atoms with van der Waals surface area (Å²) in [7, 11) is 0. The van der Waals surface area contributed by atoms with Gasteiger partial charge in [0.1, 0.15) is 0 Å². The summed E-state index contributed by atoms with van der Waals surface area (Å²) in [6.07, 6.45) is 2.60. The van der Waals surface area contributed by atoms with Gasteiger partial charge in [-0.25, -0.2) is 0 Å². The lowest BCUT2D eigenvalue weighted by Gasteiger charge is -2.28. The maximum atomic E-state index is 2.39. The fourth-order valence-electron chi connectivity index (χ4n) is 2.05. The lowest BCUT2D eigenvalue weighted by atomic mass is 9.87. The lowest BCUT2D eigenvalue weighted by Crippen LogP contribution is -2.20. The van der Waals surface area contributed by atoms with E-state index in [0.717, 1.165) is 11.8 Å². The number of hydrogen-bond acceptors (Lipinski definition) is 1. The van der Waals surface area contributed by atoms with E-state index in [1.165, 1.54) is 23.5 Å². The van der Waals surface area contributed by atoms with Crippen LogP contribution in [0, 0.1) is 11.8 Å². The topological polar surface area (TPSA) is 0 Å². The van der Waals surface area contributed by atoms with Gasteiger partial charge < -0.3 is 0 Å². The molecule has 0 radical (unpaired) electrons. The van der Waals surface area contributed by atoms with Gasteiger partial charge in [0.25, 0.3) is 0 Å². The highest BCUT2D eigenvalue weighted by Crippen LogP contribution is 2.36. The molecular formula is C13H18S. The van der Waals surface area contributed by atoms with Crippen molar-refractivity contribution < 1.29 is 0 Å². The van der Waals surface area contributed by atoms with Gasteiger partial charge in [0.2, 0.25) is 0 Å². The van der Waals surface area contributed by atoms with Gasteiger partial charge in [-0.15, -0.1) is 11.8 Å². The van der Waals surface area contributed by atoms with Gasteiger partial charge in [0.05, 0.1) is 0 Å². The standard InChI is InChI=1S/C13H18S/c1-3-10(2)12-8-11-6-4-5-7-13(11)14-9-12/h4-7,10,12H,3,8-9H2,1-2H3. The monoisotopic (exact) mass is 206 g/mol. The first kappa shape index (κ1) is 10.1. The van der Waals surface area contributed by atoms with Gasteiger partial charge >= 0.3 is 0 Å². The molecule has 1 aromatic rings. The number of hydrogen-bond donors (Lipinski definition) is 0. The maximum Gasteiger partial charge on any atom is 0.0104 e. The number of benzene rings is 1. The molecule has 2 rings (SSSR count). The van der Waals surface area contributed by atoms with Crippen molar-refractivity contribution in [2.24, 2.45) is 11.8 Å². The number of fused-ring (bicyclic) bond motifs is 1. The highest BCUT2D eigenvalue weighted by Gasteiger charge is 2.22. The third-order valence-electron chi connectivity index (χ3n) is 3.36. The molecule has 0 amide bonds. The van der Waals surface area contributed by atoms with E-state index in [9.17, 15) is 0 Å². The summed E-state index contributed by atoms with van der Waals surface area (Å²) >= 11 is 2.04. The lowest BCUT2D eigenvalue weighted by molar-refractivity contribution is 0.376. The molecule has 0 aliphatic carbocycles. The van der Waals surface area contributed by atoms with Crippen LogP contribution in [-0.4, -0.2) is 5.75 Å². The summed E-state index contributed by atoms with van der Waals surface area (Å²) in [5.74, 6) is 3.07. The van der Waals surface area contributed by atoms with Crippen molar-refractivity contribution in [1.82, 2.24) is 0 Å². The van der Waals surface area contributed by atoms with E-state index in [1.807, 2.05) is 11.8 Å². The minimum atomic E-state index is 0.871. The smallest absolute Gasteiger partial charge is 0.0104 e. The van der Waals surface area contributed by atoms with Crippen LogP contribution in [0.2, 0.25) is 0 Å². The number of thioether (sulfide) groups is 1. The molecule has 1 aromatic carbocycles. The molecule has 0 N–H and O–H groups in total. The summed E-state index contributed by atoms with van der Waals surface area (Å²) in [5.41, 5.74) is 1.56. The highest BCUT2D eigenvalue weighted by molar-refractivity contribution is 7.99. The summed E-state index contributed by atoms with van der Waals surface area (Å²) in [5, 5.41) is 0. The van der Waals surface area contributed by atoms with Crippen LogP contribution in [0.25, 0.3) is 0 Å². The van der Waals surface area contributed by atoms with Gasteiger partial charge in [0.15, 0.2) is 0 Å². The van der Waals surface area contributed by atoms with E-state index in [1.54, 1.807) is 5.56 Å². The average Bonchev–Trinajstić information content (AvgIpc) is 2.27. The van der Waals surface area contributed by atoms with Crippen LogP contribution in [-0.2, 0) is 6.42 Å². The van der Waals surface area contributed by atoms with Crippen molar-refractivity contribution in [3.05, 3.63) is 29.8 Å². The van der Waals surface area contributed by atoms with E-state index < -0.39 is 0 Å². The largest absolute Gasteiger partial charge is 0.126 e. The second-order valence-electron chi connectivity index (χ2n) is 4.27. The Labute approximate surface area is 91.1 Å². The van der Waals surface area contributed by atoms with Crippen LogP contribution in [0.3, 0.4) is 0 Å². The van der Waals surface area contributed by atoms with Crippen LogP contribution >= 0.6 is 11.8 Å². The molecule has 0 spiro atoms. The predicted octanol–water partition coefficient (Wildman–Crippen LogP) is 4.00. The van der Waals surface area contributed by atoms with Crippen LogP contribution in [0.15, 0.2) is 29.2 Å².